The second kappa shape index (κ2) is 6.60. The zero-order valence-corrected chi connectivity index (χ0v) is 13.5. The number of aliphatic carboxylic acids is 1. The molecule has 1 aromatic rings. The minimum absolute atomic E-state index is 0.144. The summed E-state index contributed by atoms with van der Waals surface area (Å²) >= 11 is 1.56. The molecule has 1 amide bonds. The molecule has 116 valence electrons. The first kappa shape index (κ1) is 16.0. The molecule has 1 unspecified atom stereocenters. The number of carboxylic acid groups (broad SMARTS) is 1. The lowest BCUT2D eigenvalue weighted by Gasteiger charge is -2.22. The highest BCUT2D eigenvalue weighted by molar-refractivity contribution is 7.14. The van der Waals surface area contributed by atoms with Crippen LogP contribution in [0, 0.1) is 5.41 Å². The van der Waals surface area contributed by atoms with E-state index in [1.54, 1.807) is 18.3 Å². The fourth-order valence-electron chi connectivity index (χ4n) is 2.49. The van der Waals surface area contributed by atoms with E-state index < -0.39 is 11.4 Å². The van der Waals surface area contributed by atoms with Gasteiger partial charge in [-0.15, -0.1) is 11.3 Å². The first-order valence-corrected chi connectivity index (χ1v) is 8.41. The number of hydrogen-bond donors (Lipinski definition) is 2. The second-order valence-electron chi connectivity index (χ2n) is 6.02. The number of nitrogens with one attached hydrogen (secondary N) is 1. The minimum Gasteiger partial charge on any atom is -0.481 e. The third-order valence-electron chi connectivity index (χ3n) is 4.41. The maximum Gasteiger partial charge on any atom is 0.311 e. The van der Waals surface area contributed by atoms with Crippen molar-refractivity contribution in [3.8, 4) is 0 Å². The van der Waals surface area contributed by atoms with Crippen LogP contribution in [0.15, 0.2) is 6.07 Å². The summed E-state index contributed by atoms with van der Waals surface area (Å²) in [5.41, 5.74) is 0.406. The van der Waals surface area contributed by atoms with Crippen molar-refractivity contribution in [3.63, 3.8) is 0 Å². The molecule has 2 N–H and O–H groups in total. The van der Waals surface area contributed by atoms with Gasteiger partial charge in [-0.05, 0) is 50.7 Å². The lowest BCUT2D eigenvalue weighted by atomic mass is 9.88. The Kier molecular flexibility index (Phi) is 5.04. The fourth-order valence-corrected chi connectivity index (χ4v) is 3.66. The van der Waals surface area contributed by atoms with Crippen LogP contribution in [0.25, 0.3) is 0 Å². The molecule has 1 heterocycles. The SMILES string of the molecule is CCC(C)(CNC(=O)c1cc2c(s1)CCCCC2)C(=O)O. The van der Waals surface area contributed by atoms with Crippen LogP contribution < -0.4 is 5.32 Å². The Bertz CT molecular complexity index is 514. The lowest BCUT2D eigenvalue weighted by molar-refractivity contribution is -0.147. The van der Waals surface area contributed by atoms with E-state index in [1.807, 2.05) is 13.0 Å². The van der Waals surface area contributed by atoms with Crippen molar-refractivity contribution >= 4 is 23.2 Å². The predicted octanol–water partition coefficient (Wildman–Crippen LogP) is 3.25. The number of amides is 1. The molecule has 5 heteroatoms. The van der Waals surface area contributed by atoms with Gasteiger partial charge in [0.1, 0.15) is 0 Å². The van der Waals surface area contributed by atoms with E-state index in [0.717, 1.165) is 12.8 Å². The number of thiophene rings is 1. The minimum atomic E-state index is -0.899. The van der Waals surface area contributed by atoms with Crippen molar-refractivity contribution < 1.29 is 14.7 Å². The van der Waals surface area contributed by atoms with Crippen LogP contribution in [0.5, 0.6) is 0 Å². The highest BCUT2D eigenvalue weighted by atomic mass is 32.1. The van der Waals surface area contributed by atoms with E-state index in [0.29, 0.717) is 11.3 Å². The summed E-state index contributed by atoms with van der Waals surface area (Å²) < 4.78 is 0. The van der Waals surface area contributed by atoms with Gasteiger partial charge in [-0.1, -0.05) is 13.3 Å². The quantitative estimate of drug-likeness (QED) is 0.821. The number of aryl methyl sites for hydroxylation is 2. The molecule has 0 spiro atoms. The molecule has 1 aliphatic rings. The summed E-state index contributed by atoms with van der Waals surface area (Å²) in [7, 11) is 0. The number of carbonyl (C=O) groups is 2. The number of carboxylic acids is 1. The molecule has 0 radical (unpaired) electrons. The maximum absolute atomic E-state index is 12.2. The van der Waals surface area contributed by atoms with E-state index in [2.05, 4.69) is 5.32 Å². The molecule has 0 aromatic carbocycles. The van der Waals surface area contributed by atoms with Gasteiger partial charge in [0.15, 0.2) is 0 Å². The van der Waals surface area contributed by atoms with Crippen LogP contribution in [0.1, 0.15) is 59.6 Å². The molecule has 1 aliphatic carbocycles. The number of rotatable bonds is 5. The molecule has 1 atom stereocenters. The summed E-state index contributed by atoms with van der Waals surface area (Å²) in [4.78, 5) is 25.5. The van der Waals surface area contributed by atoms with Gasteiger partial charge >= 0.3 is 5.97 Å². The molecule has 2 rings (SSSR count). The van der Waals surface area contributed by atoms with Gasteiger partial charge < -0.3 is 10.4 Å². The Balaban J connectivity index is 2.02. The molecule has 0 bridgehead atoms. The van der Waals surface area contributed by atoms with Crippen molar-refractivity contribution in [3.05, 3.63) is 21.4 Å². The summed E-state index contributed by atoms with van der Waals surface area (Å²) in [6.45, 7) is 3.66. The molecule has 1 aromatic heterocycles. The first-order chi connectivity index (χ1) is 9.96. The predicted molar refractivity (Wildman–Crippen MR) is 83.9 cm³/mol. The topological polar surface area (TPSA) is 66.4 Å². The van der Waals surface area contributed by atoms with Crippen LogP contribution in [-0.2, 0) is 17.6 Å². The molecule has 0 aliphatic heterocycles. The zero-order valence-electron chi connectivity index (χ0n) is 12.7. The van der Waals surface area contributed by atoms with Crippen molar-refractivity contribution in [2.45, 2.75) is 52.4 Å². The van der Waals surface area contributed by atoms with Crippen LogP contribution in [0.3, 0.4) is 0 Å². The van der Waals surface area contributed by atoms with Crippen LogP contribution in [-0.4, -0.2) is 23.5 Å². The smallest absolute Gasteiger partial charge is 0.311 e. The Morgan fingerprint density at radius 2 is 2.05 bits per heavy atom. The molecule has 21 heavy (non-hydrogen) atoms. The van der Waals surface area contributed by atoms with Crippen molar-refractivity contribution in [2.75, 3.05) is 6.54 Å². The van der Waals surface area contributed by atoms with Gasteiger partial charge in [0.2, 0.25) is 0 Å². The molecular weight excluding hydrogens is 286 g/mol. The lowest BCUT2D eigenvalue weighted by Crippen LogP contribution is -2.40. The van der Waals surface area contributed by atoms with Gasteiger partial charge in [0.25, 0.3) is 5.91 Å². The Hall–Kier alpha value is -1.36. The summed E-state index contributed by atoms with van der Waals surface area (Å²) in [5, 5.41) is 12.0. The standard InChI is InChI=1S/C16H23NO3S/c1-3-16(2,15(19)20)10-17-14(18)13-9-11-7-5-4-6-8-12(11)21-13/h9H,3-8,10H2,1-2H3,(H,17,18)(H,19,20). The van der Waals surface area contributed by atoms with E-state index >= 15 is 0 Å². The first-order valence-electron chi connectivity index (χ1n) is 7.59. The third kappa shape index (κ3) is 3.64. The van der Waals surface area contributed by atoms with Crippen molar-refractivity contribution in [1.29, 1.82) is 0 Å². The van der Waals surface area contributed by atoms with E-state index in [4.69, 9.17) is 0 Å². The summed E-state index contributed by atoms with van der Waals surface area (Å²) in [5.74, 6) is -1.01. The zero-order chi connectivity index (χ0) is 15.5. The third-order valence-corrected chi connectivity index (χ3v) is 5.64. The number of hydrogen-bond acceptors (Lipinski definition) is 3. The maximum atomic E-state index is 12.2. The molecule has 0 saturated heterocycles. The van der Waals surface area contributed by atoms with Gasteiger partial charge in [-0.2, -0.15) is 0 Å². The normalized spacial score (nSPS) is 17.4. The molecular formula is C16H23NO3S. The molecule has 4 nitrogen and oxygen atoms in total. The van der Waals surface area contributed by atoms with Crippen molar-refractivity contribution in [2.24, 2.45) is 5.41 Å². The average Bonchev–Trinajstić information content (AvgIpc) is 2.75. The van der Waals surface area contributed by atoms with Gasteiger partial charge in [-0.3, -0.25) is 9.59 Å². The van der Waals surface area contributed by atoms with E-state index in [-0.39, 0.29) is 12.5 Å². The number of fused-ring (bicyclic) bond motifs is 1. The highest BCUT2D eigenvalue weighted by Crippen LogP contribution is 2.29. The van der Waals surface area contributed by atoms with Crippen LogP contribution in [0.4, 0.5) is 0 Å². The Labute approximate surface area is 129 Å². The Morgan fingerprint density at radius 3 is 2.71 bits per heavy atom. The highest BCUT2D eigenvalue weighted by Gasteiger charge is 2.31. The fraction of sp³-hybridized carbons (Fsp3) is 0.625. The summed E-state index contributed by atoms with van der Waals surface area (Å²) in [6, 6.07) is 1.99. The van der Waals surface area contributed by atoms with Crippen LogP contribution in [0.2, 0.25) is 0 Å². The van der Waals surface area contributed by atoms with Gasteiger partial charge in [-0.25, -0.2) is 0 Å². The van der Waals surface area contributed by atoms with Crippen LogP contribution >= 0.6 is 11.3 Å². The van der Waals surface area contributed by atoms with E-state index in [9.17, 15) is 14.7 Å². The molecule has 0 saturated carbocycles. The average molecular weight is 309 g/mol. The summed E-state index contributed by atoms with van der Waals surface area (Å²) in [6.07, 6.45) is 6.26. The second-order valence-corrected chi connectivity index (χ2v) is 7.16. The monoisotopic (exact) mass is 309 g/mol. The number of carbonyl (C=O) groups excluding carboxylic acids is 1. The Morgan fingerprint density at radius 1 is 1.33 bits per heavy atom. The molecule has 0 fully saturated rings. The van der Waals surface area contributed by atoms with Gasteiger partial charge in [0.05, 0.1) is 10.3 Å². The largest absolute Gasteiger partial charge is 0.481 e. The van der Waals surface area contributed by atoms with Gasteiger partial charge in [0, 0.05) is 11.4 Å². The van der Waals surface area contributed by atoms with E-state index in [1.165, 1.54) is 29.7 Å². The van der Waals surface area contributed by atoms with Crippen molar-refractivity contribution in [1.82, 2.24) is 5.32 Å².